The summed E-state index contributed by atoms with van der Waals surface area (Å²) in [5.41, 5.74) is 2.65. The molecule has 0 radical (unpaired) electrons. The number of benzene rings is 1. The van der Waals surface area contributed by atoms with Crippen LogP contribution >= 0.6 is 0 Å². The minimum atomic E-state index is 0.0594. The van der Waals surface area contributed by atoms with E-state index in [9.17, 15) is 4.79 Å². The monoisotopic (exact) mass is 269 g/mol. The van der Waals surface area contributed by atoms with Crippen LogP contribution in [0, 0.1) is 0 Å². The predicted octanol–water partition coefficient (Wildman–Crippen LogP) is 1.62. The summed E-state index contributed by atoms with van der Waals surface area (Å²) in [6, 6.07) is 7.54. The molecule has 0 N–H and O–H groups in total. The fourth-order valence-electron chi connectivity index (χ4n) is 2.20. The molecule has 1 aliphatic rings. The molecule has 0 bridgehead atoms. The smallest absolute Gasteiger partial charge is 0.254 e. The molecule has 20 heavy (non-hydrogen) atoms. The summed E-state index contributed by atoms with van der Waals surface area (Å²) in [5.74, 6) is 0.0594. The van der Waals surface area contributed by atoms with E-state index < -0.39 is 0 Å². The van der Waals surface area contributed by atoms with Gasteiger partial charge in [0.1, 0.15) is 6.33 Å². The topological polar surface area (TPSA) is 55.3 Å². The molecule has 2 aromatic rings. The van der Waals surface area contributed by atoms with Gasteiger partial charge in [-0.05, 0) is 17.7 Å². The molecule has 1 aliphatic heterocycles. The van der Waals surface area contributed by atoms with Crippen LogP contribution in [0.3, 0.4) is 0 Å². The SMILES string of the molecule is O=C(c1ccc(-c2cncnc2)cc1)N1CCOCC1. The average Bonchev–Trinajstić information content (AvgIpc) is 2.56. The molecule has 0 atom stereocenters. The number of morpholine rings is 1. The van der Waals surface area contributed by atoms with E-state index in [1.54, 1.807) is 12.4 Å². The number of ether oxygens (including phenoxy) is 1. The molecular weight excluding hydrogens is 254 g/mol. The van der Waals surface area contributed by atoms with Crippen molar-refractivity contribution in [1.82, 2.24) is 14.9 Å². The number of nitrogens with zero attached hydrogens (tertiary/aromatic N) is 3. The highest BCUT2D eigenvalue weighted by molar-refractivity contribution is 5.94. The van der Waals surface area contributed by atoms with E-state index in [0.29, 0.717) is 31.9 Å². The van der Waals surface area contributed by atoms with Crippen LogP contribution in [0.4, 0.5) is 0 Å². The van der Waals surface area contributed by atoms with Crippen molar-refractivity contribution in [2.24, 2.45) is 0 Å². The first-order chi connectivity index (χ1) is 9.84. The Labute approximate surface area is 117 Å². The Morgan fingerprint density at radius 2 is 1.65 bits per heavy atom. The molecular formula is C15H15N3O2. The summed E-state index contributed by atoms with van der Waals surface area (Å²) in [7, 11) is 0. The first-order valence-corrected chi connectivity index (χ1v) is 6.57. The van der Waals surface area contributed by atoms with Gasteiger partial charge in [0.15, 0.2) is 0 Å². The van der Waals surface area contributed by atoms with E-state index >= 15 is 0 Å². The number of rotatable bonds is 2. The van der Waals surface area contributed by atoms with Gasteiger partial charge in [0.2, 0.25) is 0 Å². The molecule has 5 nitrogen and oxygen atoms in total. The highest BCUT2D eigenvalue weighted by Gasteiger charge is 2.18. The third-order valence-corrected chi connectivity index (χ3v) is 3.32. The van der Waals surface area contributed by atoms with Crippen LogP contribution in [0.25, 0.3) is 11.1 Å². The van der Waals surface area contributed by atoms with Crippen molar-refractivity contribution in [3.63, 3.8) is 0 Å². The first-order valence-electron chi connectivity index (χ1n) is 6.57. The van der Waals surface area contributed by atoms with Gasteiger partial charge in [0, 0.05) is 36.6 Å². The fraction of sp³-hybridized carbons (Fsp3) is 0.267. The van der Waals surface area contributed by atoms with Gasteiger partial charge in [-0.15, -0.1) is 0 Å². The van der Waals surface area contributed by atoms with Gasteiger partial charge < -0.3 is 9.64 Å². The van der Waals surface area contributed by atoms with Crippen LogP contribution in [-0.2, 0) is 4.74 Å². The van der Waals surface area contributed by atoms with Crippen molar-refractivity contribution in [3.8, 4) is 11.1 Å². The summed E-state index contributed by atoms with van der Waals surface area (Å²) >= 11 is 0. The van der Waals surface area contributed by atoms with Crippen LogP contribution in [-0.4, -0.2) is 47.1 Å². The molecule has 1 amide bonds. The lowest BCUT2D eigenvalue weighted by Gasteiger charge is -2.26. The van der Waals surface area contributed by atoms with E-state index in [2.05, 4.69) is 9.97 Å². The third kappa shape index (κ3) is 2.67. The Morgan fingerprint density at radius 3 is 2.30 bits per heavy atom. The van der Waals surface area contributed by atoms with Gasteiger partial charge in [-0.1, -0.05) is 12.1 Å². The minimum absolute atomic E-state index is 0.0594. The average molecular weight is 269 g/mol. The largest absolute Gasteiger partial charge is 0.378 e. The maximum atomic E-state index is 12.3. The van der Waals surface area contributed by atoms with E-state index in [1.165, 1.54) is 6.33 Å². The van der Waals surface area contributed by atoms with Crippen LogP contribution < -0.4 is 0 Å². The van der Waals surface area contributed by atoms with E-state index in [4.69, 9.17) is 4.74 Å². The molecule has 3 rings (SSSR count). The highest BCUT2D eigenvalue weighted by atomic mass is 16.5. The molecule has 0 spiro atoms. The van der Waals surface area contributed by atoms with Crippen molar-refractivity contribution >= 4 is 5.91 Å². The molecule has 0 aliphatic carbocycles. The standard InChI is InChI=1S/C15H15N3O2/c19-15(18-5-7-20-8-6-18)13-3-1-12(2-4-13)14-9-16-11-17-10-14/h1-4,9-11H,5-8H2. The number of carbonyl (C=O) groups excluding carboxylic acids is 1. The van der Waals surface area contributed by atoms with Crippen molar-refractivity contribution in [2.45, 2.75) is 0 Å². The van der Waals surface area contributed by atoms with Gasteiger partial charge in [-0.2, -0.15) is 0 Å². The predicted molar refractivity (Wildman–Crippen MR) is 74.2 cm³/mol. The fourth-order valence-corrected chi connectivity index (χ4v) is 2.20. The Hall–Kier alpha value is -2.27. The number of aromatic nitrogens is 2. The molecule has 1 saturated heterocycles. The molecule has 1 fully saturated rings. The Bertz CT molecular complexity index is 578. The number of hydrogen-bond donors (Lipinski definition) is 0. The van der Waals surface area contributed by atoms with Gasteiger partial charge in [-0.3, -0.25) is 4.79 Å². The van der Waals surface area contributed by atoms with Gasteiger partial charge in [0.05, 0.1) is 13.2 Å². The molecule has 102 valence electrons. The Balaban J connectivity index is 1.77. The van der Waals surface area contributed by atoms with E-state index in [1.807, 2.05) is 29.2 Å². The number of hydrogen-bond acceptors (Lipinski definition) is 4. The van der Waals surface area contributed by atoms with Crippen molar-refractivity contribution in [2.75, 3.05) is 26.3 Å². The van der Waals surface area contributed by atoms with Crippen LogP contribution in [0.15, 0.2) is 43.0 Å². The lowest BCUT2D eigenvalue weighted by molar-refractivity contribution is 0.0303. The lowest BCUT2D eigenvalue weighted by atomic mass is 10.1. The van der Waals surface area contributed by atoms with Gasteiger partial charge in [0.25, 0.3) is 5.91 Å². The number of carbonyl (C=O) groups is 1. The Morgan fingerprint density at radius 1 is 1.00 bits per heavy atom. The summed E-state index contributed by atoms with van der Waals surface area (Å²) in [5, 5.41) is 0. The summed E-state index contributed by atoms with van der Waals surface area (Å²) in [6.07, 6.45) is 5.01. The minimum Gasteiger partial charge on any atom is -0.378 e. The summed E-state index contributed by atoms with van der Waals surface area (Å²) in [6.45, 7) is 2.55. The Kier molecular flexibility index (Phi) is 3.69. The molecule has 2 heterocycles. The first kappa shape index (κ1) is 12.7. The van der Waals surface area contributed by atoms with E-state index in [0.717, 1.165) is 11.1 Å². The molecule has 1 aromatic heterocycles. The maximum Gasteiger partial charge on any atom is 0.254 e. The molecule has 0 saturated carbocycles. The van der Waals surface area contributed by atoms with Crippen molar-refractivity contribution < 1.29 is 9.53 Å². The van der Waals surface area contributed by atoms with Crippen molar-refractivity contribution in [3.05, 3.63) is 48.5 Å². The summed E-state index contributed by atoms with van der Waals surface area (Å²) in [4.78, 5) is 22.1. The molecule has 5 heteroatoms. The van der Waals surface area contributed by atoms with E-state index in [-0.39, 0.29) is 5.91 Å². The van der Waals surface area contributed by atoms with Crippen molar-refractivity contribution in [1.29, 1.82) is 0 Å². The molecule has 0 unspecified atom stereocenters. The zero-order valence-electron chi connectivity index (χ0n) is 11.0. The third-order valence-electron chi connectivity index (χ3n) is 3.32. The second-order valence-corrected chi connectivity index (χ2v) is 4.61. The summed E-state index contributed by atoms with van der Waals surface area (Å²) < 4.78 is 5.25. The zero-order chi connectivity index (χ0) is 13.8. The maximum absolute atomic E-state index is 12.3. The quantitative estimate of drug-likeness (QED) is 0.831. The highest BCUT2D eigenvalue weighted by Crippen LogP contribution is 2.18. The van der Waals surface area contributed by atoms with Gasteiger partial charge >= 0.3 is 0 Å². The number of amides is 1. The van der Waals surface area contributed by atoms with Crippen LogP contribution in [0.1, 0.15) is 10.4 Å². The second-order valence-electron chi connectivity index (χ2n) is 4.61. The van der Waals surface area contributed by atoms with Crippen LogP contribution in [0.2, 0.25) is 0 Å². The normalized spacial score (nSPS) is 15.1. The second kappa shape index (κ2) is 5.79. The molecule has 1 aromatic carbocycles. The van der Waals surface area contributed by atoms with Gasteiger partial charge in [-0.25, -0.2) is 9.97 Å². The lowest BCUT2D eigenvalue weighted by Crippen LogP contribution is -2.40. The zero-order valence-corrected chi connectivity index (χ0v) is 11.0. The van der Waals surface area contributed by atoms with Crippen LogP contribution in [0.5, 0.6) is 0 Å².